The highest BCUT2D eigenvalue weighted by Crippen LogP contribution is 2.29. The fourth-order valence-electron chi connectivity index (χ4n) is 4.61. The Morgan fingerprint density at radius 3 is 2.43 bits per heavy atom. The average molecular weight is 714 g/mol. The van der Waals surface area contributed by atoms with Gasteiger partial charge in [0.2, 0.25) is 5.88 Å². The first kappa shape index (κ1) is 40.4. The number of aryl methyl sites for hydroxylation is 1. The molecule has 0 radical (unpaired) electrons. The van der Waals surface area contributed by atoms with Crippen LogP contribution in [0.2, 0.25) is 0 Å². The van der Waals surface area contributed by atoms with Gasteiger partial charge in [-0.15, -0.1) is 0 Å². The molecular formula is C36H46F3N7O5. The fraction of sp³-hybridized carbons (Fsp3) is 0.417. The molecule has 276 valence electrons. The van der Waals surface area contributed by atoms with Crippen molar-refractivity contribution < 1.29 is 36.9 Å². The van der Waals surface area contributed by atoms with Crippen LogP contribution in [0.15, 0.2) is 67.3 Å². The van der Waals surface area contributed by atoms with Gasteiger partial charge >= 0.3 is 6.18 Å². The van der Waals surface area contributed by atoms with E-state index in [1.54, 1.807) is 0 Å². The molecule has 0 spiro atoms. The van der Waals surface area contributed by atoms with Gasteiger partial charge in [0.1, 0.15) is 28.8 Å². The third-order valence-electron chi connectivity index (χ3n) is 7.11. The average Bonchev–Trinajstić information content (AvgIpc) is 3.14. The number of hydrogen-bond donors (Lipinski definition) is 3. The molecule has 12 nitrogen and oxygen atoms in total. The highest BCUT2D eigenvalue weighted by Gasteiger charge is 2.33. The molecule has 4 aromatic rings. The molecule has 2 aromatic heterocycles. The minimum atomic E-state index is -4.46. The van der Waals surface area contributed by atoms with Gasteiger partial charge in [-0.2, -0.15) is 13.2 Å². The summed E-state index contributed by atoms with van der Waals surface area (Å²) in [6.45, 7) is 8.77. The molecule has 2 aromatic carbocycles. The van der Waals surface area contributed by atoms with Gasteiger partial charge in [-0.3, -0.25) is 9.78 Å². The van der Waals surface area contributed by atoms with E-state index < -0.39 is 11.9 Å². The summed E-state index contributed by atoms with van der Waals surface area (Å²) in [5.41, 5.74) is 7.14. The van der Waals surface area contributed by atoms with Gasteiger partial charge in [0.05, 0.1) is 51.2 Å². The zero-order valence-corrected chi connectivity index (χ0v) is 29.3. The first-order valence-electron chi connectivity index (χ1n) is 16.7. The Hall–Kier alpha value is -5.02. The van der Waals surface area contributed by atoms with Crippen molar-refractivity contribution in [2.24, 2.45) is 5.73 Å². The molecular weight excluding hydrogens is 667 g/mol. The predicted octanol–water partition coefficient (Wildman–Crippen LogP) is 6.40. The number of rotatable bonds is 13. The maximum absolute atomic E-state index is 12.4. The standard InChI is InChI=1S/C24H28N4O4.C10H12F3N3O.C2H6/c1-17-14-18(10-11-25)4-9-22(17)32-20-7-5-19(6-8-20)31-13-3-12-26-24(29)21-15-28-23(30-2)16-27-21;11-10(12,13)8-4-14-5-9(16-8)15-7-2-1-3-17-6-7;1-2/h4-9,14-16H,3,10-13,25H2,1-2H3,(H,26,29);4-5,7H,1-3,6H2,(H,15,16);1-2H3. The van der Waals surface area contributed by atoms with Gasteiger partial charge < -0.3 is 35.3 Å². The number of nitrogens with two attached hydrogens (primary N) is 1. The van der Waals surface area contributed by atoms with Crippen LogP contribution in [0, 0.1) is 6.92 Å². The number of benzene rings is 2. The summed E-state index contributed by atoms with van der Waals surface area (Å²) >= 11 is 0. The molecule has 1 atom stereocenters. The first-order valence-corrected chi connectivity index (χ1v) is 16.7. The van der Waals surface area contributed by atoms with Crippen molar-refractivity contribution in [1.82, 2.24) is 25.3 Å². The van der Waals surface area contributed by atoms with Crippen molar-refractivity contribution in [2.75, 3.05) is 45.3 Å². The minimum Gasteiger partial charge on any atom is -0.494 e. The number of alkyl halides is 3. The van der Waals surface area contributed by atoms with Crippen molar-refractivity contribution >= 4 is 11.7 Å². The minimum absolute atomic E-state index is 0.00142. The lowest BCUT2D eigenvalue weighted by Gasteiger charge is -2.23. The van der Waals surface area contributed by atoms with E-state index in [0.717, 1.165) is 42.1 Å². The van der Waals surface area contributed by atoms with Crippen molar-refractivity contribution in [3.8, 4) is 23.1 Å². The molecule has 5 rings (SSSR count). The van der Waals surface area contributed by atoms with E-state index in [1.165, 1.54) is 31.3 Å². The number of hydrogen-bond acceptors (Lipinski definition) is 11. The van der Waals surface area contributed by atoms with E-state index in [0.29, 0.717) is 51.4 Å². The van der Waals surface area contributed by atoms with Gasteiger partial charge in [0.15, 0.2) is 5.69 Å². The maximum atomic E-state index is 12.4. The Morgan fingerprint density at radius 2 is 1.80 bits per heavy atom. The molecule has 1 amide bonds. The van der Waals surface area contributed by atoms with Crippen LogP contribution in [-0.2, 0) is 17.3 Å². The molecule has 3 heterocycles. The number of methoxy groups -OCH3 is 1. The second-order valence-corrected chi connectivity index (χ2v) is 11.0. The highest BCUT2D eigenvalue weighted by atomic mass is 19.4. The van der Waals surface area contributed by atoms with Crippen molar-refractivity contribution in [3.05, 3.63) is 89.8 Å². The normalized spacial score (nSPS) is 13.8. The van der Waals surface area contributed by atoms with E-state index in [-0.39, 0.29) is 23.5 Å². The lowest BCUT2D eigenvalue weighted by Crippen LogP contribution is -2.30. The number of carbonyl (C=O) groups is 1. The summed E-state index contributed by atoms with van der Waals surface area (Å²) in [4.78, 5) is 27.0. The second kappa shape index (κ2) is 21.3. The number of nitrogens with zero attached hydrogens (tertiary/aromatic N) is 4. The van der Waals surface area contributed by atoms with Gasteiger partial charge in [-0.05, 0) is 80.6 Å². The Labute approximate surface area is 296 Å². The van der Waals surface area contributed by atoms with Gasteiger partial charge in [0.25, 0.3) is 5.91 Å². The molecule has 1 aliphatic rings. The number of halogens is 3. The zero-order chi connectivity index (χ0) is 37.1. The molecule has 4 N–H and O–H groups in total. The summed E-state index contributed by atoms with van der Waals surface area (Å²) in [7, 11) is 1.49. The Bertz CT molecular complexity index is 1600. The molecule has 0 aliphatic carbocycles. The molecule has 15 heteroatoms. The third-order valence-corrected chi connectivity index (χ3v) is 7.11. The number of amides is 1. The van der Waals surface area contributed by atoms with Crippen LogP contribution in [0.1, 0.15) is 60.4 Å². The number of carbonyl (C=O) groups excluding carboxylic acids is 1. The fourth-order valence-corrected chi connectivity index (χ4v) is 4.61. The molecule has 1 unspecified atom stereocenters. The van der Waals surface area contributed by atoms with Gasteiger partial charge in [-0.25, -0.2) is 15.0 Å². The van der Waals surface area contributed by atoms with E-state index in [2.05, 4.69) is 36.6 Å². The van der Waals surface area contributed by atoms with Crippen molar-refractivity contribution in [1.29, 1.82) is 0 Å². The van der Waals surface area contributed by atoms with Crippen LogP contribution in [0.3, 0.4) is 0 Å². The predicted molar refractivity (Wildman–Crippen MR) is 187 cm³/mol. The number of nitrogens with one attached hydrogen (secondary N) is 2. The van der Waals surface area contributed by atoms with E-state index in [1.807, 2.05) is 57.2 Å². The topological polar surface area (TPSA) is 156 Å². The van der Waals surface area contributed by atoms with Gasteiger partial charge in [-0.1, -0.05) is 26.0 Å². The molecule has 51 heavy (non-hydrogen) atoms. The molecule has 1 aliphatic heterocycles. The van der Waals surface area contributed by atoms with Crippen LogP contribution in [-0.4, -0.2) is 71.9 Å². The Balaban J connectivity index is 0.000000310. The summed E-state index contributed by atoms with van der Waals surface area (Å²) in [5, 5.41) is 5.68. The highest BCUT2D eigenvalue weighted by molar-refractivity contribution is 5.91. The largest absolute Gasteiger partial charge is 0.494 e. The number of ether oxygens (including phenoxy) is 4. The smallest absolute Gasteiger partial charge is 0.434 e. The second-order valence-electron chi connectivity index (χ2n) is 11.0. The monoisotopic (exact) mass is 713 g/mol. The van der Waals surface area contributed by atoms with Crippen molar-refractivity contribution in [2.45, 2.75) is 58.7 Å². The summed E-state index contributed by atoms with van der Waals surface area (Å²) < 4.78 is 59.0. The molecule has 0 saturated carbocycles. The van der Waals surface area contributed by atoms with Gasteiger partial charge in [0, 0.05) is 13.2 Å². The lowest BCUT2D eigenvalue weighted by molar-refractivity contribution is -0.141. The quantitative estimate of drug-likeness (QED) is 0.132. The SMILES string of the molecule is CC.COc1cnc(C(=O)NCCCOc2ccc(Oc3ccc(CCN)cc3C)cc2)cn1.FC(F)(F)c1cncc(NC2CCCOC2)n1. The van der Waals surface area contributed by atoms with Crippen LogP contribution >= 0.6 is 0 Å². The molecule has 1 saturated heterocycles. The van der Waals surface area contributed by atoms with Crippen LogP contribution in [0.4, 0.5) is 19.0 Å². The Morgan fingerprint density at radius 1 is 1.04 bits per heavy atom. The summed E-state index contributed by atoms with van der Waals surface area (Å²) in [6, 6.07) is 13.6. The van der Waals surface area contributed by atoms with Crippen molar-refractivity contribution in [3.63, 3.8) is 0 Å². The molecule has 1 fully saturated rings. The number of anilines is 1. The van der Waals surface area contributed by atoms with Crippen LogP contribution in [0.25, 0.3) is 0 Å². The summed E-state index contributed by atoms with van der Waals surface area (Å²) in [5.74, 6) is 2.50. The lowest BCUT2D eigenvalue weighted by atomic mass is 10.1. The van der Waals surface area contributed by atoms with Crippen LogP contribution in [0.5, 0.6) is 23.1 Å². The summed E-state index contributed by atoms with van der Waals surface area (Å²) in [6.07, 6.45) is 3.57. The van der Waals surface area contributed by atoms with E-state index in [4.69, 9.17) is 24.7 Å². The number of aromatic nitrogens is 4. The maximum Gasteiger partial charge on any atom is 0.434 e. The Kier molecular flexibility index (Phi) is 16.8. The third kappa shape index (κ3) is 14.0. The molecule has 0 bridgehead atoms. The van der Waals surface area contributed by atoms with E-state index in [9.17, 15) is 18.0 Å². The van der Waals surface area contributed by atoms with E-state index >= 15 is 0 Å². The first-order chi connectivity index (χ1) is 24.6. The zero-order valence-electron chi connectivity index (χ0n) is 29.3. The van der Waals surface area contributed by atoms with Crippen LogP contribution < -0.4 is 30.6 Å².